The molecule has 1 fully saturated rings. The first-order valence-electron chi connectivity index (χ1n) is 5.55. The van der Waals surface area contributed by atoms with Crippen molar-refractivity contribution >= 4 is 11.7 Å². The van der Waals surface area contributed by atoms with E-state index in [2.05, 4.69) is 0 Å². The lowest BCUT2D eigenvalue weighted by Crippen LogP contribution is -2.32. The van der Waals surface area contributed by atoms with Gasteiger partial charge in [-0.1, -0.05) is 18.2 Å². The molecule has 1 N–H and O–H groups in total. The van der Waals surface area contributed by atoms with Crippen molar-refractivity contribution in [2.45, 2.75) is 6.42 Å². The SMILES string of the molecule is O=C1N(CCCO)CCN1c1ccccc1. The number of aliphatic hydroxyl groups excluding tert-OH is 1. The third-order valence-corrected chi connectivity index (χ3v) is 2.75. The number of carbonyl (C=O) groups excluding carboxylic acids is 1. The van der Waals surface area contributed by atoms with Gasteiger partial charge in [-0.05, 0) is 18.6 Å². The van der Waals surface area contributed by atoms with E-state index >= 15 is 0 Å². The zero-order valence-corrected chi connectivity index (χ0v) is 9.17. The molecule has 4 heteroatoms. The Morgan fingerprint density at radius 1 is 1.19 bits per heavy atom. The van der Waals surface area contributed by atoms with Gasteiger partial charge < -0.3 is 10.0 Å². The van der Waals surface area contributed by atoms with Crippen LogP contribution < -0.4 is 4.90 Å². The van der Waals surface area contributed by atoms with E-state index in [4.69, 9.17) is 5.11 Å². The number of benzene rings is 1. The molecular formula is C12H16N2O2. The molecule has 0 saturated carbocycles. The molecule has 0 aromatic heterocycles. The lowest BCUT2D eigenvalue weighted by molar-refractivity contribution is 0.211. The Bertz CT molecular complexity index is 353. The Morgan fingerprint density at radius 2 is 1.94 bits per heavy atom. The molecule has 0 bridgehead atoms. The van der Waals surface area contributed by atoms with Crippen LogP contribution in [-0.4, -0.2) is 42.3 Å². The van der Waals surface area contributed by atoms with E-state index in [-0.39, 0.29) is 12.6 Å². The van der Waals surface area contributed by atoms with Crippen molar-refractivity contribution in [3.8, 4) is 0 Å². The molecule has 0 aliphatic carbocycles. The zero-order valence-electron chi connectivity index (χ0n) is 9.17. The highest BCUT2D eigenvalue weighted by molar-refractivity contribution is 5.94. The first-order chi connectivity index (χ1) is 7.83. The maximum atomic E-state index is 12.0. The van der Waals surface area contributed by atoms with Crippen molar-refractivity contribution in [1.29, 1.82) is 0 Å². The summed E-state index contributed by atoms with van der Waals surface area (Å²) in [5.41, 5.74) is 0.944. The number of hydrogen-bond donors (Lipinski definition) is 1. The van der Waals surface area contributed by atoms with E-state index in [0.29, 0.717) is 13.0 Å². The number of aliphatic hydroxyl groups is 1. The normalized spacial score (nSPS) is 15.9. The van der Waals surface area contributed by atoms with Gasteiger partial charge in [0.05, 0.1) is 0 Å². The molecule has 2 amide bonds. The highest BCUT2D eigenvalue weighted by Crippen LogP contribution is 2.19. The van der Waals surface area contributed by atoms with Gasteiger partial charge in [0, 0.05) is 31.9 Å². The van der Waals surface area contributed by atoms with Crippen molar-refractivity contribution in [3.63, 3.8) is 0 Å². The average Bonchev–Trinajstić information content (AvgIpc) is 2.69. The fourth-order valence-electron chi connectivity index (χ4n) is 1.90. The van der Waals surface area contributed by atoms with Crippen molar-refractivity contribution < 1.29 is 9.90 Å². The Kier molecular flexibility index (Phi) is 3.41. The fraction of sp³-hybridized carbons (Fsp3) is 0.417. The number of rotatable bonds is 4. The van der Waals surface area contributed by atoms with Gasteiger partial charge in [-0.25, -0.2) is 4.79 Å². The Labute approximate surface area is 95.1 Å². The van der Waals surface area contributed by atoms with Gasteiger partial charge in [-0.15, -0.1) is 0 Å². The van der Waals surface area contributed by atoms with Crippen LogP contribution in [0.3, 0.4) is 0 Å². The molecule has 1 saturated heterocycles. The first kappa shape index (κ1) is 11.0. The van der Waals surface area contributed by atoms with Crippen LogP contribution in [0.4, 0.5) is 10.5 Å². The van der Waals surface area contributed by atoms with Crippen LogP contribution >= 0.6 is 0 Å². The van der Waals surface area contributed by atoms with Crippen LogP contribution in [0.5, 0.6) is 0 Å². The van der Waals surface area contributed by atoms with Crippen molar-refractivity contribution in [2.75, 3.05) is 31.1 Å². The van der Waals surface area contributed by atoms with Gasteiger partial charge in [-0.2, -0.15) is 0 Å². The monoisotopic (exact) mass is 220 g/mol. The number of urea groups is 1. The molecule has 16 heavy (non-hydrogen) atoms. The average molecular weight is 220 g/mol. The molecule has 4 nitrogen and oxygen atoms in total. The fourth-order valence-corrected chi connectivity index (χ4v) is 1.90. The third-order valence-electron chi connectivity index (χ3n) is 2.75. The number of amides is 2. The first-order valence-corrected chi connectivity index (χ1v) is 5.55. The maximum absolute atomic E-state index is 12.0. The Balaban J connectivity index is 2.02. The number of nitrogens with zero attached hydrogens (tertiary/aromatic N) is 2. The number of carbonyl (C=O) groups is 1. The van der Waals surface area contributed by atoms with Crippen LogP contribution in [-0.2, 0) is 0 Å². The van der Waals surface area contributed by atoms with Crippen molar-refractivity contribution in [1.82, 2.24) is 4.90 Å². The number of hydrogen-bond acceptors (Lipinski definition) is 2. The molecule has 0 spiro atoms. The summed E-state index contributed by atoms with van der Waals surface area (Å²) in [6.07, 6.45) is 0.647. The predicted octanol–water partition coefficient (Wildman–Crippen LogP) is 1.31. The summed E-state index contributed by atoms with van der Waals surface area (Å²) in [4.78, 5) is 15.5. The molecule has 1 aromatic rings. The summed E-state index contributed by atoms with van der Waals surface area (Å²) in [5, 5.41) is 8.74. The molecule has 1 aliphatic heterocycles. The van der Waals surface area contributed by atoms with Crippen molar-refractivity contribution in [3.05, 3.63) is 30.3 Å². The molecule has 0 unspecified atom stereocenters. The van der Waals surface area contributed by atoms with E-state index < -0.39 is 0 Å². The summed E-state index contributed by atoms with van der Waals surface area (Å²) in [5.74, 6) is 0. The lowest BCUT2D eigenvalue weighted by atomic mass is 10.3. The number of para-hydroxylation sites is 1. The smallest absolute Gasteiger partial charge is 0.324 e. The minimum Gasteiger partial charge on any atom is -0.396 e. The van der Waals surface area contributed by atoms with Gasteiger partial charge in [0.2, 0.25) is 0 Å². The van der Waals surface area contributed by atoms with E-state index in [1.54, 1.807) is 9.80 Å². The quantitative estimate of drug-likeness (QED) is 0.831. The minimum atomic E-state index is 0.0413. The second-order valence-electron chi connectivity index (χ2n) is 3.83. The van der Waals surface area contributed by atoms with Gasteiger partial charge in [0.25, 0.3) is 0 Å². The molecule has 1 aromatic carbocycles. The van der Waals surface area contributed by atoms with Crippen LogP contribution in [0.15, 0.2) is 30.3 Å². The molecular weight excluding hydrogens is 204 g/mol. The molecule has 0 atom stereocenters. The lowest BCUT2D eigenvalue weighted by Gasteiger charge is -2.18. The van der Waals surface area contributed by atoms with Crippen LogP contribution in [0.25, 0.3) is 0 Å². The predicted molar refractivity (Wildman–Crippen MR) is 62.5 cm³/mol. The van der Waals surface area contributed by atoms with Crippen LogP contribution in [0.1, 0.15) is 6.42 Å². The van der Waals surface area contributed by atoms with E-state index in [9.17, 15) is 4.79 Å². The van der Waals surface area contributed by atoms with Gasteiger partial charge >= 0.3 is 6.03 Å². The summed E-state index contributed by atoms with van der Waals surface area (Å²) in [6, 6.07) is 9.71. The largest absolute Gasteiger partial charge is 0.396 e. The zero-order chi connectivity index (χ0) is 11.4. The van der Waals surface area contributed by atoms with Crippen LogP contribution in [0, 0.1) is 0 Å². The molecule has 86 valence electrons. The second kappa shape index (κ2) is 4.99. The third kappa shape index (κ3) is 2.17. The van der Waals surface area contributed by atoms with Crippen molar-refractivity contribution in [2.24, 2.45) is 0 Å². The standard InChI is InChI=1S/C12H16N2O2/c15-10-4-7-13-8-9-14(12(13)16)11-5-2-1-3-6-11/h1-3,5-6,15H,4,7-10H2. The molecule has 0 radical (unpaired) electrons. The number of anilines is 1. The summed E-state index contributed by atoms with van der Waals surface area (Å²) in [6.45, 7) is 2.25. The second-order valence-corrected chi connectivity index (χ2v) is 3.83. The highest BCUT2D eigenvalue weighted by Gasteiger charge is 2.28. The molecule has 1 heterocycles. The summed E-state index contributed by atoms with van der Waals surface area (Å²) < 4.78 is 0. The minimum absolute atomic E-state index is 0.0413. The van der Waals surface area contributed by atoms with E-state index in [0.717, 1.165) is 18.8 Å². The van der Waals surface area contributed by atoms with E-state index in [1.165, 1.54) is 0 Å². The van der Waals surface area contributed by atoms with Gasteiger partial charge in [-0.3, -0.25) is 4.90 Å². The van der Waals surface area contributed by atoms with Gasteiger partial charge in [0.1, 0.15) is 0 Å². The Hall–Kier alpha value is -1.55. The summed E-state index contributed by atoms with van der Waals surface area (Å²) in [7, 11) is 0. The highest BCUT2D eigenvalue weighted by atomic mass is 16.3. The van der Waals surface area contributed by atoms with Crippen LogP contribution in [0.2, 0.25) is 0 Å². The molecule has 1 aliphatic rings. The topological polar surface area (TPSA) is 43.8 Å². The summed E-state index contributed by atoms with van der Waals surface area (Å²) >= 11 is 0. The van der Waals surface area contributed by atoms with E-state index in [1.807, 2.05) is 30.3 Å². The van der Waals surface area contributed by atoms with Gasteiger partial charge in [0.15, 0.2) is 0 Å². The maximum Gasteiger partial charge on any atom is 0.324 e. The Morgan fingerprint density at radius 3 is 2.62 bits per heavy atom. The molecule has 2 rings (SSSR count).